The van der Waals surface area contributed by atoms with Crippen molar-refractivity contribution in [2.24, 2.45) is 11.3 Å². The lowest BCUT2D eigenvalue weighted by Gasteiger charge is -2.35. The van der Waals surface area contributed by atoms with E-state index in [0.29, 0.717) is 19.3 Å². The molecule has 0 spiro atoms. The minimum absolute atomic E-state index is 0.600. The van der Waals surface area contributed by atoms with Gasteiger partial charge in [-0.15, -0.1) is 0 Å². The van der Waals surface area contributed by atoms with Crippen molar-refractivity contribution in [3.05, 3.63) is 0 Å². The highest BCUT2D eigenvalue weighted by atomic mass is 16.4. The molecule has 21 heavy (non-hydrogen) atoms. The van der Waals surface area contributed by atoms with Gasteiger partial charge in [-0.05, 0) is 24.7 Å². The van der Waals surface area contributed by atoms with Crippen molar-refractivity contribution in [1.29, 1.82) is 0 Å². The van der Waals surface area contributed by atoms with E-state index in [1.165, 1.54) is 25.7 Å². The van der Waals surface area contributed by atoms with Crippen LogP contribution in [0.2, 0.25) is 0 Å². The van der Waals surface area contributed by atoms with Gasteiger partial charge in [-0.2, -0.15) is 0 Å². The molecule has 0 fully saturated rings. The van der Waals surface area contributed by atoms with Gasteiger partial charge < -0.3 is 10.2 Å². The number of hydrogen-bond donors (Lipinski definition) is 2. The van der Waals surface area contributed by atoms with Crippen molar-refractivity contribution in [2.75, 3.05) is 0 Å². The summed E-state index contributed by atoms with van der Waals surface area (Å²) in [5.41, 5.74) is -0.610. The predicted molar refractivity (Wildman–Crippen MR) is 84.4 cm³/mol. The summed E-state index contributed by atoms with van der Waals surface area (Å²) in [6.45, 7) is 6.00. The molecule has 2 N–H and O–H groups in total. The number of rotatable bonds is 13. The van der Waals surface area contributed by atoms with Crippen molar-refractivity contribution < 1.29 is 19.8 Å². The zero-order chi connectivity index (χ0) is 16.3. The minimum Gasteiger partial charge on any atom is -0.481 e. The zero-order valence-electron chi connectivity index (χ0n) is 13.9. The summed E-state index contributed by atoms with van der Waals surface area (Å²) in [6.07, 6.45) is 10.0. The Bertz CT molecular complexity index is 294. The number of hydrogen-bond acceptors (Lipinski definition) is 2. The molecule has 0 amide bonds. The number of unbranched alkanes of at least 4 members (excludes halogenated alkanes) is 6. The first-order valence-electron chi connectivity index (χ1n) is 8.40. The fraction of sp³-hybridized carbons (Fsp3) is 0.882. The van der Waals surface area contributed by atoms with E-state index in [0.717, 1.165) is 19.3 Å². The van der Waals surface area contributed by atoms with Crippen molar-refractivity contribution in [3.8, 4) is 0 Å². The first kappa shape index (κ1) is 19.9. The van der Waals surface area contributed by atoms with E-state index >= 15 is 0 Å². The van der Waals surface area contributed by atoms with Crippen LogP contribution in [-0.4, -0.2) is 22.2 Å². The van der Waals surface area contributed by atoms with Crippen LogP contribution in [0, 0.1) is 11.3 Å². The van der Waals surface area contributed by atoms with Crippen LogP contribution < -0.4 is 0 Å². The fourth-order valence-corrected chi connectivity index (χ4v) is 3.22. The van der Waals surface area contributed by atoms with Gasteiger partial charge in [0.25, 0.3) is 0 Å². The molecule has 4 heteroatoms. The Morgan fingerprint density at radius 1 is 0.810 bits per heavy atom. The number of carbonyl (C=O) groups is 2. The van der Waals surface area contributed by atoms with Crippen LogP contribution in [-0.2, 0) is 9.59 Å². The van der Waals surface area contributed by atoms with Gasteiger partial charge in [0.05, 0.1) is 0 Å². The average Bonchev–Trinajstić information content (AvgIpc) is 2.44. The number of carboxylic acid groups (broad SMARTS) is 2. The molecule has 0 saturated heterocycles. The van der Waals surface area contributed by atoms with Gasteiger partial charge in [0.2, 0.25) is 0 Å². The Morgan fingerprint density at radius 2 is 1.24 bits per heavy atom. The van der Waals surface area contributed by atoms with E-state index in [4.69, 9.17) is 0 Å². The van der Waals surface area contributed by atoms with Crippen LogP contribution >= 0.6 is 0 Å². The summed E-state index contributed by atoms with van der Waals surface area (Å²) >= 11 is 0. The standard InChI is InChI=1S/C17H32O4/c1-4-7-8-9-10-11-12-13-17(5-2,6-3)14(15(18)19)16(20)21/h14H,4-13H2,1-3H3,(H,18,19)(H,20,21). The summed E-state index contributed by atoms with van der Waals surface area (Å²) in [6, 6.07) is 0. The monoisotopic (exact) mass is 300 g/mol. The van der Waals surface area contributed by atoms with Crippen LogP contribution in [0.1, 0.15) is 85.0 Å². The normalized spacial score (nSPS) is 11.8. The summed E-state index contributed by atoms with van der Waals surface area (Å²) in [4.78, 5) is 22.7. The van der Waals surface area contributed by atoms with Crippen LogP contribution in [0.4, 0.5) is 0 Å². The molecule has 0 bridgehead atoms. The van der Waals surface area contributed by atoms with E-state index in [9.17, 15) is 19.8 Å². The second-order valence-corrected chi connectivity index (χ2v) is 6.05. The van der Waals surface area contributed by atoms with Gasteiger partial charge in [0.15, 0.2) is 5.92 Å². The van der Waals surface area contributed by atoms with Gasteiger partial charge in [-0.3, -0.25) is 9.59 Å². The molecule has 0 aromatic carbocycles. The molecule has 0 atom stereocenters. The Balaban J connectivity index is 4.46. The summed E-state index contributed by atoms with van der Waals surface area (Å²) in [5.74, 6) is -3.68. The smallest absolute Gasteiger partial charge is 0.318 e. The van der Waals surface area contributed by atoms with E-state index in [-0.39, 0.29) is 0 Å². The maximum atomic E-state index is 11.3. The summed E-state index contributed by atoms with van der Waals surface area (Å²) in [5, 5.41) is 18.5. The lowest BCUT2D eigenvalue weighted by molar-refractivity contribution is -0.162. The molecular weight excluding hydrogens is 268 g/mol. The fourth-order valence-electron chi connectivity index (χ4n) is 3.22. The molecule has 0 rings (SSSR count). The van der Waals surface area contributed by atoms with Crippen molar-refractivity contribution in [3.63, 3.8) is 0 Å². The zero-order valence-corrected chi connectivity index (χ0v) is 13.9. The predicted octanol–water partition coefficient (Wildman–Crippen LogP) is 4.72. The van der Waals surface area contributed by atoms with Gasteiger partial charge in [0, 0.05) is 0 Å². The van der Waals surface area contributed by atoms with E-state index in [2.05, 4.69) is 6.92 Å². The van der Waals surface area contributed by atoms with E-state index in [1.54, 1.807) is 0 Å². The van der Waals surface area contributed by atoms with Crippen molar-refractivity contribution in [2.45, 2.75) is 85.0 Å². The van der Waals surface area contributed by atoms with E-state index in [1.807, 2.05) is 13.8 Å². The largest absolute Gasteiger partial charge is 0.481 e. The Hall–Kier alpha value is -1.06. The molecule has 0 unspecified atom stereocenters. The molecule has 0 aliphatic heterocycles. The highest BCUT2D eigenvalue weighted by Crippen LogP contribution is 2.41. The lowest BCUT2D eigenvalue weighted by Crippen LogP contribution is -2.40. The Labute approximate surface area is 128 Å². The van der Waals surface area contributed by atoms with Crippen LogP contribution in [0.25, 0.3) is 0 Å². The van der Waals surface area contributed by atoms with Gasteiger partial charge in [-0.1, -0.05) is 65.7 Å². The minimum atomic E-state index is -1.28. The van der Waals surface area contributed by atoms with Crippen LogP contribution in [0.5, 0.6) is 0 Å². The molecule has 0 radical (unpaired) electrons. The third-order valence-corrected chi connectivity index (χ3v) is 4.79. The number of carboxylic acids is 2. The first-order valence-corrected chi connectivity index (χ1v) is 8.40. The maximum Gasteiger partial charge on any atom is 0.318 e. The van der Waals surface area contributed by atoms with Crippen LogP contribution in [0.3, 0.4) is 0 Å². The van der Waals surface area contributed by atoms with Gasteiger partial charge >= 0.3 is 11.9 Å². The maximum absolute atomic E-state index is 11.3. The molecule has 124 valence electrons. The first-order chi connectivity index (χ1) is 9.95. The third-order valence-electron chi connectivity index (χ3n) is 4.79. The van der Waals surface area contributed by atoms with Crippen molar-refractivity contribution in [1.82, 2.24) is 0 Å². The van der Waals surface area contributed by atoms with Crippen LogP contribution in [0.15, 0.2) is 0 Å². The van der Waals surface area contributed by atoms with E-state index < -0.39 is 23.3 Å². The summed E-state index contributed by atoms with van der Waals surface area (Å²) < 4.78 is 0. The quantitative estimate of drug-likeness (QED) is 0.381. The third kappa shape index (κ3) is 6.49. The Kier molecular flexibility index (Phi) is 10.1. The highest BCUT2D eigenvalue weighted by Gasteiger charge is 2.44. The summed E-state index contributed by atoms with van der Waals surface area (Å²) in [7, 11) is 0. The SMILES string of the molecule is CCCCCCCCCC(CC)(CC)C(C(=O)O)C(=O)O. The molecule has 0 aliphatic rings. The topological polar surface area (TPSA) is 74.6 Å². The second kappa shape index (κ2) is 10.6. The Morgan fingerprint density at radius 3 is 1.62 bits per heavy atom. The molecule has 0 heterocycles. The van der Waals surface area contributed by atoms with Crippen molar-refractivity contribution >= 4 is 11.9 Å². The molecule has 4 nitrogen and oxygen atoms in total. The van der Waals surface area contributed by atoms with Gasteiger partial charge in [0.1, 0.15) is 0 Å². The molecule has 0 saturated carbocycles. The number of aliphatic carboxylic acids is 2. The average molecular weight is 300 g/mol. The highest BCUT2D eigenvalue weighted by molar-refractivity contribution is 5.93. The molecule has 0 aromatic rings. The molecular formula is C17H32O4. The van der Waals surface area contributed by atoms with Gasteiger partial charge in [-0.25, -0.2) is 0 Å². The lowest BCUT2D eigenvalue weighted by atomic mass is 9.68. The second-order valence-electron chi connectivity index (χ2n) is 6.05. The molecule has 0 aliphatic carbocycles. The molecule has 0 aromatic heterocycles.